The third-order valence-corrected chi connectivity index (χ3v) is 2.04. The third kappa shape index (κ3) is 1.74. The third-order valence-electron chi connectivity index (χ3n) is 2.04. The van der Waals surface area contributed by atoms with Crippen LogP contribution in [-0.2, 0) is 0 Å². The van der Waals surface area contributed by atoms with E-state index in [1.807, 2.05) is 6.07 Å². The first-order valence-electron chi connectivity index (χ1n) is 4.37. The van der Waals surface area contributed by atoms with Crippen LogP contribution in [-0.4, -0.2) is 0 Å². The smallest absolute Gasteiger partial charge is 0.00206 e. The second-order valence-corrected chi connectivity index (χ2v) is 2.82. The minimum atomic E-state index is 0.937. The molecule has 0 saturated carbocycles. The molecule has 1 aromatic carbocycles. The highest BCUT2D eigenvalue weighted by Crippen LogP contribution is 2.21. The summed E-state index contributed by atoms with van der Waals surface area (Å²) in [5.41, 5.74) is 3.93. The van der Waals surface area contributed by atoms with Gasteiger partial charge in [0.2, 0.25) is 0 Å². The molecule has 14 heavy (non-hydrogen) atoms. The van der Waals surface area contributed by atoms with Crippen molar-refractivity contribution in [1.29, 1.82) is 0 Å². The molecule has 0 nitrogen and oxygen atoms in total. The fraction of sp³-hybridized carbons (Fsp3) is 0. The van der Waals surface area contributed by atoms with E-state index in [9.17, 15) is 0 Å². The van der Waals surface area contributed by atoms with Crippen molar-refractivity contribution in [3.8, 4) is 0 Å². The van der Waals surface area contributed by atoms with Crippen molar-refractivity contribution in [2.45, 2.75) is 0 Å². The van der Waals surface area contributed by atoms with E-state index < -0.39 is 0 Å². The van der Waals surface area contributed by atoms with Gasteiger partial charge in [-0.3, -0.25) is 0 Å². The molecular formula is C14H13. The molecule has 1 aromatic rings. The lowest BCUT2D eigenvalue weighted by Gasteiger charge is -2.07. The highest BCUT2D eigenvalue weighted by Gasteiger charge is 2.02. The lowest BCUT2D eigenvalue weighted by molar-refractivity contribution is 1.54. The van der Waals surface area contributed by atoms with Gasteiger partial charge >= 0.3 is 0 Å². The molecule has 0 aliphatic carbocycles. The molecule has 0 unspecified atom stereocenters. The average Bonchev–Trinajstić information content (AvgIpc) is 2.26. The Bertz CT molecular complexity index is 365. The molecule has 0 N–H and O–H groups in total. The molecule has 1 rings (SSSR count). The molecule has 0 saturated heterocycles. The molecule has 0 amide bonds. The van der Waals surface area contributed by atoms with Crippen LogP contribution in [0.4, 0.5) is 0 Å². The zero-order chi connectivity index (χ0) is 10.6. The van der Waals surface area contributed by atoms with Gasteiger partial charge in [0, 0.05) is 0 Å². The Labute approximate surface area is 85.6 Å². The molecule has 0 spiro atoms. The van der Waals surface area contributed by atoms with Gasteiger partial charge in [-0.25, -0.2) is 0 Å². The van der Waals surface area contributed by atoms with Crippen molar-refractivity contribution in [2.75, 3.05) is 0 Å². The number of hydrogen-bond acceptors (Lipinski definition) is 0. The van der Waals surface area contributed by atoms with E-state index in [4.69, 9.17) is 0 Å². The van der Waals surface area contributed by atoms with E-state index in [1.165, 1.54) is 0 Å². The highest BCUT2D eigenvalue weighted by atomic mass is 14.1. The van der Waals surface area contributed by atoms with Crippen LogP contribution in [0.5, 0.6) is 0 Å². The quantitative estimate of drug-likeness (QED) is 0.657. The molecule has 1 radical (unpaired) electrons. The summed E-state index contributed by atoms with van der Waals surface area (Å²) in [6.07, 6.45) is 7.10. The first-order chi connectivity index (χ1) is 6.76. The summed E-state index contributed by atoms with van der Waals surface area (Å²) < 4.78 is 0. The first-order valence-corrected chi connectivity index (χ1v) is 4.37. The molecule has 0 heterocycles. The van der Waals surface area contributed by atoms with E-state index in [2.05, 4.69) is 32.4 Å². The summed E-state index contributed by atoms with van der Waals surface area (Å²) in [4.78, 5) is 0. The van der Waals surface area contributed by atoms with Crippen LogP contribution in [0.15, 0.2) is 32.4 Å². The maximum Gasteiger partial charge on any atom is -0.00206 e. The molecule has 0 atom stereocenters. The van der Waals surface area contributed by atoms with Crippen molar-refractivity contribution in [3.05, 3.63) is 60.7 Å². The van der Waals surface area contributed by atoms with Crippen molar-refractivity contribution >= 4 is 24.3 Å². The minimum absolute atomic E-state index is 0.937. The summed E-state index contributed by atoms with van der Waals surface area (Å²) in [6, 6.07) is 5.16. The van der Waals surface area contributed by atoms with Gasteiger partial charge in [-0.15, -0.1) is 0 Å². The van der Waals surface area contributed by atoms with E-state index >= 15 is 0 Å². The van der Waals surface area contributed by atoms with Gasteiger partial charge in [-0.2, -0.15) is 0 Å². The monoisotopic (exact) mass is 181 g/mol. The van der Waals surface area contributed by atoms with Gasteiger partial charge in [0.25, 0.3) is 0 Å². The van der Waals surface area contributed by atoms with E-state index in [0.717, 1.165) is 22.3 Å². The molecule has 0 bridgehead atoms. The highest BCUT2D eigenvalue weighted by molar-refractivity contribution is 5.75. The molecule has 69 valence electrons. The van der Waals surface area contributed by atoms with Crippen molar-refractivity contribution in [1.82, 2.24) is 0 Å². The summed E-state index contributed by atoms with van der Waals surface area (Å²) in [6.45, 7) is 15.0. The maximum absolute atomic E-state index is 3.76. The fourth-order valence-corrected chi connectivity index (χ4v) is 1.33. The Kier molecular flexibility index (Phi) is 3.24. The second kappa shape index (κ2) is 4.43. The minimum Gasteiger partial charge on any atom is -0.0984 e. The predicted molar refractivity (Wildman–Crippen MR) is 65.6 cm³/mol. The average molecular weight is 181 g/mol. The van der Waals surface area contributed by atoms with E-state index in [-0.39, 0.29) is 0 Å². The molecule has 0 heteroatoms. The van der Waals surface area contributed by atoms with Crippen LogP contribution < -0.4 is 0 Å². The Hall–Kier alpha value is -1.82. The molecule has 0 aliphatic rings. The predicted octanol–water partition coefficient (Wildman–Crippen LogP) is 4.06. The van der Waals surface area contributed by atoms with Crippen LogP contribution in [0.25, 0.3) is 24.3 Å². The van der Waals surface area contributed by atoms with Gasteiger partial charge in [-0.1, -0.05) is 50.6 Å². The summed E-state index contributed by atoms with van der Waals surface area (Å²) in [5, 5.41) is 0. The van der Waals surface area contributed by atoms with Gasteiger partial charge in [0.15, 0.2) is 0 Å². The topological polar surface area (TPSA) is 0 Å². The normalized spacial score (nSPS) is 9.14. The van der Waals surface area contributed by atoms with Gasteiger partial charge in [0.05, 0.1) is 0 Å². The van der Waals surface area contributed by atoms with Crippen LogP contribution in [0.1, 0.15) is 22.3 Å². The number of hydrogen-bond donors (Lipinski definition) is 0. The van der Waals surface area contributed by atoms with Gasteiger partial charge in [0.1, 0.15) is 0 Å². The van der Waals surface area contributed by atoms with Crippen molar-refractivity contribution in [2.24, 2.45) is 0 Å². The van der Waals surface area contributed by atoms with Crippen LogP contribution in [0.3, 0.4) is 0 Å². The largest absolute Gasteiger partial charge is 0.0984 e. The SMILES string of the molecule is C=Cc1[c]c(C=C)c(C=C)c(C=C)c1. The van der Waals surface area contributed by atoms with E-state index in [1.54, 1.807) is 24.3 Å². The lowest BCUT2D eigenvalue weighted by Crippen LogP contribution is -1.88. The second-order valence-electron chi connectivity index (χ2n) is 2.82. The summed E-state index contributed by atoms with van der Waals surface area (Å²) >= 11 is 0. The summed E-state index contributed by atoms with van der Waals surface area (Å²) in [5.74, 6) is 0. The summed E-state index contributed by atoms with van der Waals surface area (Å²) in [7, 11) is 0. The Morgan fingerprint density at radius 2 is 1.64 bits per heavy atom. The molecular weight excluding hydrogens is 168 g/mol. The molecule has 0 aliphatic heterocycles. The lowest BCUT2D eigenvalue weighted by atomic mass is 9.97. The Morgan fingerprint density at radius 1 is 0.929 bits per heavy atom. The zero-order valence-corrected chi connectivity index (χ0v) is 8.22. The maximum atomic E-state index is 3.76. The number of rotatable bonds is 4. The Morgan fingerprint density at radius 3 is 2.07 bits per heavy atom. The van der Waals surface area contributed by atoms with Crippen LogP contribution in [0.2, 0.25) is 0 Å². The first kappa shape index (κ1) is 10.3. The van der Waals surface area contributed by atoms with Gasteiger partial charge < -0.3 is 0 Å². The fourth-order valence-electron chi connectivity index (χ4n) is 1.33. The van der Waals surface area contributed by atoms with Gasteiger partial charge in [-0.05, 0) is 34.4 Å². The van der Waals surface area contributed by atoms with Crippen molar-refractivity contribution < 1.29 is 0 Å². The van der Waals surface area contributed by atoms with Crippen LogP contribution >= 0.6 is 0 Å². The molecule has 0 fully saturated rings. The molecule has 0 aromatic heterocycles. The zero-order valence-electron chi connectivity index (χ0n) is 8.22. The van der Waals surface area contributed by atoms with E-state index in [0.29, 0.717) is 0 Å². The Balaban J connectivity index is 3.53. The number of benzene rings is 1. The van der Waals surface area contributed by atoms with Crippen molar-refractivity contribution in [3.63, 3.8) is 0 Å². The van der Waals surface area contributed by atoms with Crippen LogP contribution in [0, 0.1) is 6.07 Å². The standard InChI is InChI=1S/C14H13/c1-5-11-9-12(6-2)14(8-4)13(7-3)10-11/h5-9H,1-4H2.